The van der Waals surface area contributed by atoms with Crippen LogP contribution in [0.25, 0.3) is 0 Å². The average Bonchev–Trinajstić information content (AvgIpc) is 3.08. The predicted octanol–water partition coefficient (Wildman–Crippen LogP) is 3.94. The topological polar surface area (TPSA) is 51.2 Å². The van der Waals surface area contributed by atoms with Crippen molar-refractivity contribution >= 4 is 35.1 Å². The van der Waals surface area contributed by atoms with Crippen LogP contribution in [-0.2, 0) is 0 Å². The van der Waals surface area contributed by atoms with Gasteiger partial charge in [-0.2, -0.15) is 11.8 Å². The van der Waals surface area contributed by atoms with Crippen LogP contribution in [0, 0.1) is 0 Å². The van der Waals surface area contributed by atoms with E-state index in [2.05, 4.69) is 10.3 Å². The van der Waals surface area contributed by atoms with Crippen molar-refractivity contribution in [1.82, 2.24) is 4.98 Å². The number of carbonyl (C=O) groups excluding carboxylic acids is 1. The molecule has 1 N–H and O–H groups in total. The number of hydrogen-bond acceptors (Lipinski definition) is 5. The van der Waals surface area contributed by atoms with Crippen LogP contribution in [0.2, 0.25) is 0 Å². The summed E-state index contributed by atoms with van der Waals surface area (Å²) in [6.07, 6.45) is 4.80. The summed E-state index contributed by atoms with van der Waals surface area (Å²) in [5, 5.41) is 2.92. The maximum Gasteiger partial charge on any atom is 0.261 e. The molecule has 0 bridgehead atoms. The van der Waals surface area contributed by atoms with Gasteiger partial charge in [0.15, 0.2) is 0 Å². The molecule has 0 radical (unpaired) electrons. The standard InChI is InChI=1S/C17H18N2O2S2/c1-22-14-5-2-4-12(10-14)19-16(20)15-6-3-8-18-17(15)21-13-7-9-23-11-13/h2-6,8,10,13H,7,9,11H2,1H3,(H,19,20). The Kier molecular flexibility index (Phi) is 5.46. The Bertz CT molecular complexity index is 688. The summed E-state index contributed by atoms with van der Waals surface area (Å²) >= 11 is 3.51. The van der Waals surface area contributed by atoms with E-state index in [4.69, 9.17) is 4.74 Å². The normalized spacial score (nSPS) is 17.0. The van der Waals surface area contributed by atoms with E-state index in [1.807, 2.05) is 42.3 Å². The SMILES string of the molecule is CSc1cccc(NC(=O)c2cccnc2OC2CCSC2)c1. The van der Waals surface area contributed by atoms with Gasteiger partial charge >= 0.3 is 0 Å². The first kappa shape index (κ1) is 16.2. The van der Waals surface area contributed by atoms with Crippen LogP contribution in [0.15, 0.2) is 47.5 Å². The highest BCUT2D eigenvalue weighted by Gasteiger charge is 2.21. The molecule has 1 atom stereocenters. The van der Waals surface area contributed by atoms with Crippen molar-refractivity contribution in [3.63, 3.8) is 0 Å². The number of amides is 1. The molecule has 1 fully saturated rings. The quantitative estimate of drug-likeness (QED) is 0.831. The number of benzene rings is 1. The minimum Gasteiger partial charge on any atom is -0.473 e. The molecule has 1 saturated heterocycles. The van der Waals surface area contributed by atoms with Gasteiger partial charge < -0.3 is 10.1 Å². The van der Waals surface area contributed by atoms with Crippen LogP contribution in [0.3, 0.4) is 0 Å². The molecule has 23 heavy (non-hydrogen) atoms. The maximum absolute atomic E-state index is 12.6. The first-order valence-corrected chi connectivity index (χ1v) is 9.79. The number of rotatable bonds is 5. The Morgan fingerprint density at radius 1 is 1.39 bits per heavy atom. The van der Waals surface area contributed by atoms with Crippen molar-refractivity contribution in [1.29, 1.82) is 0 Å². The Balaban J connectivity index is 1.76. The molecule has 0 aliphatic carbocycles. The molecular formula is C17H18N2O2S2. The van der Waals surface area contributed by atoms with E-state index in [0.29, 0.717) is 11.4 Å². The third kappa shape index (κ3) is 4.20. The van der Waals surface area contributed by atoms with E-state index in [0.717, 1.165) is 28.5 Å². The summed E-state index contributed by atoms with van der Waals surface area (Å²) in [7, 11) is 0. The summed E-state index contributed by atoms with van der Waals surface area (Å²) in [4.78, 5) is 17.9. The maximum atomic E-state index is 12.6. The second kappa shape index (κ2) is 7.75. The first-order valence-electron chi connectivity index (χ1n) is 7.41. The molecule has 1 aliphatic rings. The predicted molar refractivity (Wildman–Crippen MR) is 96.8 cm³/mol. The van der Waals surface area contributed by atoms with Crippen LogP contribution in [0.4, 0.5) is 5.69 Å². The van der Waals surface area contributed by atoms with Gasteiger partial charge in [0.1, 0.15) is 11.7 Å². The number of thioether (sulfide) groups is 2. The van der Waals surface area contributed by atoms with Crippen LogP contribution >= 0.6 is 23.5 Å². The number of carbonyl (C=O) groups is 1. The fraction of sp³-hybridized carbons (Fsp3) is 0.294. The van der Waals surface area contributed by atoms with Crippen molar-refractivity contribution < 1.29 is 9.53 Å². The zero-order valence-electron chi connectivity index (χ0n) is 12.8. The molecule has 1 aromatic heterocycles. The van der Waals surface area contributed by atoms with Crippen LogP contribution < -0.4 is 10.1 Å². The summed E-state index contributed by atoms with van der Waals surface area (Å²) in [5.41, 5.74) is 1.24. The second-order valence-corrected chi connectivity index (χ2v) is 7.18. The fourth-order valence-electron chi connectivity index (χ4n) is 2.32. The number of pyridine rings is 1. The molecular weight excluding hydrogens is 328 g/mol. The molecule has 4 nitrogen and oxygen atoms in total. The van der Waals surface area contributed by atoms with Gasteiger partial charge in [0.25, 0.3) is 5.91 Å². The molecule has 0 saturated carbocycles. The first-order chi connectivity index (χ1) is 11.3. The van der Waals surface area contributed by atoms with Gasteiger partial charge in [-0.25, -0.2) is 4.98 Å². The van der Waals surface area contributed by atoms with E-state index in [9.17, 15) is 4.79 Å². The zero-order chi connectivity index (χ0) is 16.1. The fourth-order valence-corrected chi connectivity index (χ4v) is 3.87. The van der Waals surface area contributed by atoms with Gasteiger partial charge in [-0.1, -0.05) is 6.07 Å². The number of nitrogens with zero attached hydrogens (tertiary/aromatic N) is 1. The van der Waals surface area contributed by atoms with Gasteiger partial charge in [0, 0.05) is 22.5 Å². The van der Waals surface area contributed by atoms with Crippen LogP contribution in [0.1, 0.15) is 16.8 Å². The Labute approximate surface area is 144 Å². The lowest BCUT2D eigenvalue weighted by Gasteiger charge is -2.14. The van der Waals surface area contributed by atoms with Gasteiger partial charge in [-0.3, -0.25) is 4.79 Å². The Morgan fingerprint density at radius 2 is 2.30 bits per heavy atom. The third-order valence-corrected chi connectivity index (χ3v) is 5.37. The van der Waals surface area contributed by atoms with Crippen molar-refractivity contribution in [3.05, 3.63) is 48.2 Å². The van der Waals surface area contributed by atoms with Crippen molar-refractivity contribution in [3.8, 4) is 5.88 Å². The smallest absolute Gasteiger partial charge is 0.261 e. The molecule has 1 aromatic carbocycles. The molecule has 0 spiro atoms. The number of aromatic nitrogens is 1. The van der Waals surface area contributed by atoms with Crippen LogP contribution in [0.5, 0.6) is 5.88 Å². The Morgan fingerprint density at radius 3 is 3.09 bits per heavy atom. The highest BCUT2D eigenvalue weighted by Crippen LogP contribution is 2.25. The van der Waals surface area contributed by atoms with E-state index in [1.165, 1.54) is 0 Å². The van der Waals surface area contributed by atoms with Gasteiger partial charge in [0.2, 0.25) is 5.88 Å². The van der Waals surface area contributed by atoms with Crippen molar-refractivity contribution in [2.45, 2.75) is 17.4 Å². The average molecular weight is 346 g/mol. The minimum absolute atomic E-state index is 0.140. The summed E-state index contributed by atoms with van der Waals surface area (Å²) < 4.78 is 5.91. The molecule has 3 rings (SSSR count). The lowest BCUT2D eigenvalue weighted by molar-refractivity contribution is 0.101. The second-order valence-electron chi connectivity index (χ2n) is 5.15. The van der Waals surface area contributed by atoms with Gasteiger partial charge in [-0.05, 0) is 48.8 Å². The molecule has 1 unspecified atom stereocenters. The highest BCUT2D eigenvalue weighted by atomic mass is 32.2. The molecule has 6 heteroatoms. The zero-order valence-corrected chi connectivity index (χ0v) is 14.5. The minimum atomic E-state index is -0.197. The largest absolute Gasteiger partial charge is 0.473 e. The molecule has 2 aromatic rings. The van der Waals surface area contributed by atoms with Crippen molar-refractivity contribution in [2.75, 3.05) is 23.1 Å². The lowest BCUT2D eigenvalue weighted by Crippen LogP contribution is -2.20. The van der Waals surface area contributed by atoms with E-state index >= 15 is 0 Å². The lowest BCUT2D eigenvalue weighted by atomic mass is 10.2. The Hall–Kier alpha value is -1.66. The third-order valence-electron chi connectivity index (χ3n) is 3.51. The summed E-state index contributed by atoms with van der Waals surface area (Å²) in [6.45, 7) is 0. The monoisotopic (exact) mass is 346 g/mol. The summed E-state index contributed by atoms with van der Waals surface area (Å²) in [6, 6.07) is 11.3. The molecule has 2 heterocycles. The number of nitrogens with one attached hydrogen (secondary N) is 1. The van der Waals surface area contributed by atoms with E-state index in [1.54, 1.807) is 30.1 Å². The molecule has 1 aliphatic heterocycles. The number of hydrogen-bond donors (Lipinski definition) is 1. The number of anilines is 1. The van der Waals surface area contributed by atoms with E-state index in [-0.39, 0.29) is 12.0 Å². The summed E-state index contributed by atoms with van der Waals surface area (Å²) in [5.74, 6) is 2.27. The van der Waals surface area contributed by atoms with Crippen LogP contribution in [-0.4, -0.2) is 34.8 Å². The van der Waals surface area contributed by atoms with Gasteiger partial charge in [-0.15, -0.1) is 11.8 Å². The number of ether oxygens (including phenoxy) is 1. The molecule has 1 amide bonds. The van der Waals surface area contributed by atoms with Gasteiger partial charge in [0.05, 0.1) is 0 Å². The highest BCUT2D eigenvalue weighted by molar-refractivity contribution is 7.99. The van der Waals surface area contributed by atoms with Crippen molar-refractivity contribution in [2.24, 2.45) is 0 Å². The van der Waals surface area contributed by atoms with E-state index < -0.39 is 0 Å². The molecule has 120 valence electrons.